The molecular weight excluding hydrogens is 310 g/mol. The van der Waals surface area contributed by atoms with Crippen molar-refractivity contribution in [2.45, 2.75) is 45.4 Å². The Bertz CT molecular complexity index is 593. The van der Waals surface area contributed by atoms with Gasteiger partial charge in [0.1, 0.15) is 6.61 Å². The molecule has 0 amide bonds. The summed E-state index contributed by atoms with van der Waals surface area (Å²) in [5, 5.41) is 0. The fraction of sp³-hybridized carbons (Fsp3) is 0.591. The van der Waals surface area contributed by atoms with Crippen LogP contribution in [0.1, 0.15) is 51.0 Å². The third kappa shape index (κ3) is 4.94. The van der Waals surface area contributed by atoms with Gasteiger partial charge in [-0.05, 0) is 49.1 Å². The monoisotopic (exact) mass is 341 g/mol. The van der Waals surface area contributed by atoms with Crippen LogP contribution in [0.3, 0.4) is 0 Å². The Morgan fingerprint density at radius 1 is 1.32 bits per heavy atom. The molecule has 0 N–H and O–H groups in total. The highest BCUT2D eigenvalue weighted by Crippen LogP contribution is 2.33. The molecule has 2 aliphatic rings. The lowest BCUT2D eigenvalue weighted by molar-refractivity contribution is -0.147. The van der Waals surface area contributed by atoms with Crippen molar-refractivity contribution in [3.63, 3.8) is 0 Å². The number of allylic oxidation sites excluding steroid dienone is 2. The summed E-state index contributed by atoms with van der Waals surface area (Å²) in [5.74, 6) is 0.0170. The first-order valence-electron chi connectivity index (χ1n) is 9.66. The van der Waals surface area contributed by atoms with Gasteiger partial charge in [-0.3, -0.25) is 9.69 Å². The first-order chi connectivity index (χ1) is 12.1. The minimum Gasteiger partial charge on any atom is -0.464 e. The topological polar surface area (TPSA) is 29.5 Å². The normalized spacial score (nSPS) is 24.2. The average molecular weight is 341 g/mol. The zero-order chi connectivity index (χ0) is 17.7. The molecule has 136 valence electrons. The van der Waals surface area contributed by atoms with E-state index in [1.54, 1.807) is 0 Å². The molecule has 3 heteroatoms. The second-order valence-corrected chi connectivity index (χ2v) is 8.27. The largest absolute Gasteiger partial charge is 0.464 e. The predicted molar refractivity (Wildman–Crippen MR) is 101 cm³/mol. The smallest absolute Gasteiger partial charge is 0.314 e. The fourth-order valence-corrected chi connectivity index (χ4v) is 4.12. The van der Waals surface area contributed by atoms with Crippen molar-refractivity contribution in [2.24, 2.45) is 11.3 Å². The van der Waals surface area contributed by atoms with Gasteiger partial charge in [-0.15, -0.1) is 0 Å². The Morgan fingerprint density at radius 2 is 2.12 bits per heavy atom. The molecule has 0 spiro atoms. The summed E-state index contributed by atoms with van der Waals surface area (Å²) in [4.78, 5) is 15.3. The molecule has 0 radical (unpaired) electrons. The maximum Gasteiger partial charge on any atom is 0.314 e. The van der Waals surface area contributed by atoms with Gasteiger partial charge in [0.15, 0.2) is 0 Å². The van der Waals surface area contributed by atoms with Crippen molar-refractivity contribution in [2.75, 3.05) is 26.2 Å². The molecule has 2 atom stereocenters. The number of hydrogen-bond donors (Lipinski definition) is 0. The molecule has 0 saturated carbocycles. The highest BCUT2D eigenvalue weighted by molar-refractivity contribution is 5.79. The van der Waals surface area contributed by atoms with E-state index in [0.29, 0.717) is 12.0 Å². The van der Waals surface area contributed by atoms with Gasteiger partial charge in [0, 0.05) is 13.1 Å². The fourth-order valence-electron chi connectivity index (χ4n) is 4.12. The first kappa shape index (κ1) is 18.2. The van der Waals surface area contributed by atoms with Gasteiger partial charge < -0.3 is 4.74 Å². The maximum atomic E-state index is 12.9. The Morgan fingerprint density at radius 3 is 2.76 bits per heavy atom. The van der Waals surface area contributed by atoms with Crippen molar-refractivity contribution in [3.05, 3.63) is 48.0 Å². The van der Waals surface area contributed by atoms with Gasteiger partial charge in [0.25, 0.3) is 0 Å². The molecule has 0 unspecified atom stereocenters. The van der Waals surface area contributed by atoms with Gasteiger partial charge in [-0.25, -0.2) is 0 Å². The molecule has 0 bridgehead atoms. The maximum absolute atomic E-state index is 12.9. The van der Waals surface area contributed by atoms with E-state index in [4.69, 9.17) is 4.74 Å². The molecule has 1 aliphatic carbocycles. The number of nitrogens with zero attached hydrogens (tertiary/aromatic N) is 1. The van der Waals surface area contributed by atoms with Crippen molar-refractivity contribution < 1.29 is 9.53 Å². The van der Waals surface area contributed by atoms with Gasteiger partial charge in [-0.1, -0.05) is 56.3 Å². The van der Waals surface area contributed by atoms with Crippen molar-refractivity contribution in [1.82, 2.24) is 4.90 Å². The average Bonchev–Trinajstić information content (AvgIpc) is 2.96. The van der Waals surface area contributed by atoms with Gasteiger partial charge in [0.05, 0.1) is 5.92 Å². The molecule has 0 aromatic heterocycles. The number of carbonyl (C=O) groups excluding carboxylic acids is 1. The van der Waals surface area contributed by atoms with Crippen molar-refractivity contribution in [3.8, 4) is 0 Å². The molecule has 1 saturated heterocycles. The lowest BCUT2D eigenvalue weighted by atomic mass is 9.80. The Hall–Kier alpha value is -1.61. The van der Waals surface area contributed by atoms with E-state index in [1.165, 1.54) is 6.42 Å². The summed E-state index contributed by atoms with van der Waals surface area (Å²) in [7, 11) is 0. The lowest BCUT2D eigenvalue weighted by Crippen LogP contribution is -2.30. The molecule has 1 heterocycles. The Kier molecular flexibility index (Phi) is 5.95. The SMILES string of the molecule is CC1(C)CCN(CCOC(=O)[C@H](c2ccccc2)[C@H]2C=CCCC2)C1. The van der Waals surface area contributed by atoms with Crippen LogP contribution in [0, 0.1) is 11.3 Å². The number of hydrogen-bond acceptors (Lipinski definition) is 3. The van der Waals surface area contributed by atoms with Gasteiger partial charge >= 0.3 is 5.97 Å². The van der Waals surface area contributed by atoms with Crippen LogP contribution in [0.2, 0.25) is 0 Å². The van der Waals surface area contributed by atoms with Gasteiger partial charge in [-0.2, -0.15) is 0 Å². The molecule has 1 aromatic rings. The summed E-state index contributed by atoms with van der Waals surface area (Å²) >= 11 is 0. The summed E-state index contributed by atoms with van der Waals surface area (Å²) in [5.41, 5.74) is 1.47. The number of benzene rings is 1. The molecule has 25 heavy (non-hydrogen) atoms. The highest BCUT2D eigenvalue weighted by Gasteiger charge is 2.31. The van der Waals surface area contributed by atoms with Crippen LogP contribution in [0.25, 0.3) is 0 Å². The number of esters is 1. The third-order valence-corrected chi connectivity index (χ3v) is 5.54. The predicted octanol–water partition coefficient (Wildman–Crippen LogP) is 4.40. The van der Waals surface area contributed by atoms with E-state index in [9.17, 15) is 4.79 Å². The first-order valence-corrected chi connectivity index (χ1v) is 9.66. The Balaban J connectivity index is 1.59. The van der Waals surface area contributed by atoms with Crippen LogP contribution in [0.5, 0.6) is 0 Å². The lowest BCUT2D eigenvalue weighted by Gasteiger charge is -2.26. The molecule has 1 aliphatic heterocycles. The zero-order valence-corrected chi connectivity index (χ0v) is 15.6. The van der Waals surface area contributed by atoms with Crippen LogP contribution in [-0.2, 0) is 9.53 Å². The van der Waals surface area contributed by atoms with E-state index in [0.717, 1.165) is 44.5 Å². The second-order valence-electron chi connectivity index (χ2n) is 8.27. The summed E-state index contributed by atoms with van der Waals surface area (Å²) in [6.45, 7) is 8.15. The minimum absolute atomic E-state index is 0.0683. The minimum atomic E-state index is -0.173. The van der Waals surface area contributed by atoms with E-state index in [-0.39, 0.29) is 17.8 Å². The summed E-state index contributed by atoms with van der Waals surface area (Å²) in [6, 6.07) is 10.1. The van der Waals surface area contributed by atoms with E-state index >= 15 is 0 Å². The molecule has 3 rings (SSSR count). The standard InChI is InChI=1S/C22H31NO2/c1-22(2)13-14-23(17-22)15-16-25-21(24)20(18-9-5-3-6-10-18)19-11-7-4-8-12-19/h3,5-7,9-11,19-20H,4,8,12-17H2,1-2H3/t19-,20+/m0/s1. The van der Waals surface area contributed by atoms with Crippen LogP contribution in [-0.4, -0.2) is 37.1 Å². The number of ether oxygens (including phenoxy) is 1. The number of likely N-dealkylation sites (tertiary alicyclic amines) is 1. The quantitative estimate of drug-likeness (QED) is 0.567. The van der Waals surface area contributed by atoms with Crippen LogP contribution in [0.15, 0.2) is 42.5 Å². The summed E-state index contributed by atoms with van der Waals surface area (Å²) < 4.78 is 5.73. The van der Waals surface area contributed by atoms with E-state index in [1.807, 2.05) is 18.2 Å². The molecule has 3 nitrogen and oxygen atoms in total. The van der Waals surface area contributed by atoms with Crippen molar-refractivity contribution in [1.29, 1.82) is 0 Å². The van der Waals surface area contributed by atoms with E-state index in [2.05, 4.69) is 43.0 Å². The number of carbonyl (C=O) groups is 1. The third-order valence-electron chi connectivity index (χ3n) is 5.54. The van der Waals surface area contributed by atoms with Crippen LogP contribution in [0.4, 0.5) is 0 Å². The number of rotatable bonds is 6. The van der Waals surface area contributed by atoms with Gasteiger partial charge in [0.2, 0.25) is 0 Å². The molecule has 1 aromatic carbocycles. The second kappa shape index (κ2) is 8.18. The summed E-state index contributed by atoms with van der Waals surface area (Å²) in [6.07, 6.45) is 8.99. The van der Waals surface area contributed by atoms with E-state index < -0.39 is 0 Å². The Labute approximate surface area is 152 Å². The molecular formula is C22H31NO2. The molecule has 1 fully saturated rings. The highest BCUT2D eigenvalue weighted by atomic mass is 16.5. The van der Waals surface area contributed by atoms with Crippen LogP contribution >= 0.6 is 0 Å². The van der Waals surface area contributed by atoms with Crippen LogP contribution < -0.4 is 0 Å². The zero-order valence-electron chi connectivity index (χ0n) is 15.6. The van der Waals surface area contributed by atoms with Crippen molar-refractivity contribution >= 4 is 5.97 Å².